The van der Waals surface area contributed by atoms with Crippen LogP contribution in [-0.4, -0.2) is 25.2 Å². The predicted octanol–water partition coefficient (Wildman–Crippen LogP) is 3.03. The molecule has 0 aliphatic rings. The zero-order chi connectivity index (χ0) is 14.8. The largest absolute Gasteiger partial charge is 0.462 e. The van der Waals surface area contributed by atoms with E-state index in [1.165, 1.54) is 0 Å². The van der Waals surface area contributed by atoms with Crippen LogP contribution in [0.2, 0.25) is 0 Å². The second-order valence-electron chi connectivity index (χ2n) is 4.68. The quantitative estimate of drug-likeness (QED) is 0.476. The van der Waals surface area contributed by atoms with Crippen LogP contribution in [0.5, 0.6) is 0 Å². The molecule has 0 saturated carbocycles. The molecular formula is C15H24O4. The average Bonchev–Trinajstić information content (AvgIpc) is 2.35. The number of carbonyl (C=O) groups is 2. The minimum atomic E-state index is -0.358. The van der Waals surface area contributed by atoms with Gasteiger partial charge in [0.05, 0.1) is 13.2 Å². The molecule has 0 aromatic heterocycles. The molecule has 0 aromatic rings. The molecule has 0 fully saturated rings. The summed E-state index contributed by atoms with van der Waals surface area (Å²) in [6.45, 7) is 13.1. The molecule has 108 valence electrons. The van der Waals surface area contributed by atoms with E-state index >= 15 is 0 Å². The van der Waals surface area contributed by atoms with Gasteiger partial charge in [-0.05, 0) is 32.6 Å². The minimum absolute atomic E-state index is 0.358. The zero-order valence-electron chi connectivity index (χ0n) is 12.2. The number of hydrogen-bond acceptors (Lipinski definition) is 4. The van der Waals surface area contributed by atoms with Gasteiger partial charge in [-0.25, -0.2) is 9.59 Å². The Hall–Kier alpha value is -1.58. The van der Waals surface area contributed by atoms with Gasteiger partial charge in [-0.1, -0.05) is 26.5 Å². The molecule has 4 nitrogen and oxygen atoms in total. The van der Waals surface area contributed by atoms with E-state index in [0.29, 0.717) is 30.3 Å². The summed E-state index contributed by atoms with van der Waals surface area (Å²) >= 11 is 0. The molecule has 4 heteroatoms. The summed E-state index contributed by atoms with van der Waals surface area (Å²) in [6.07, 6.45) is 2.48. The van der Waals surface area contributed by atoms with Crippen LogP contribution in [0.1, 0.15) is 40.0 Å². The van der Waals surface area contributed by atoms with Crippen LogP contribution in [0, 0.1) is 5.92 Å². The van der Waals surface area contributed by atoms with Crippen LogP contribution in [0.3, 0.4) is 0 Å². The SMILES string of the molecule is C=C(C)C(=O)OCCC(CC)CCOC(=O)C(=C)C. The first-order chi connectivity index (χ1) is 8.88. The molecular weight excluding hydrogens is 244 g/mol. The number of carbonyl (C=O) groups excluding carboxylic acids is 2. The fraction of sp³-hybridized carbons (Fsp3) is 0.600. The molecule has 0 aliphatic carbocycles. The van der Waals surface area contributed by atoms with E-state index in [1.54, 1.807) is 13.8 Å². The van der Waals surface area contributed by atoms with Crippen LogP contribution in [0.4, 0.5) is 0 Å². The summed E-state index contributed by atoms with van der Waals surface area (Å²) in [5.41, 5.74) is 0.812. The number of rotatable bonds is 9. The van der Waals surface area contributed by atoms with Crippen LogP contribution >= 0.6 is 0 Å². The molecule has 0 atom stereocenters. The standard InChI is InChI=1S/C15H24O4/c1-6-13(7-9-18-14(16)11(2)3)8-10-19-15(17)12(4)5/h13H,2,4,6-10H2,1,3,5H3. The van der Waals surface area contributed by atoms with Crippen LogP contribution < -0.4 is 0 Å². The van der Waals surface area contributed by atoms with Crippen LogP contribution in [0.15, 0.2) is 24.3 Å². The molecule has 0 radical (unpaired) electrons. The third-order valence-electron chi connectivity index (χ3n) is 2.79. The molecule has 0 bridgehead atoms. The molecule has 0 rings (SSSR count). The molecule has 0 heterocycles. The first-order valence-electron chi connectivity index (χ1n) is 6.53. The van der Waals surface area contributed by atoms with Gasteiger partial charge < -0.3 is 9.47 Å². The van der Waals surface area contributed by atoms with Crippen molar-refractivity contribution in [3.63, 3.8) is 0 Å². The van der Waals surface area contributed by atoms with Gasteiger partial charge in [0.15, 0.2) is 0 Å². The van der Waals surface area contributed by atoms with Gasteiger partial charge in [0.2, 0.25) is 0 Å². The van der Waals surface area contributed by atoms with Crippen LogP contribution in [0.25, 0.3) is 0 Å². The molecule has 0 aliphatic heterocycles. The summed E-state index contributed by atoms with van der Waals surface area (Å²) < 4.78 is 10.1. The third kappa shape index (κ3) is 8.19. The molecule has 0 aromatic carbocycles. The van der Waals surface area contributed by atoms with E-state index in [2.05, 4.69) is 20.1 Å². The minimum Gasteiger partial charge on any atom is -0.462 e. The van der Waals surface area contributed by atoms with Gasteiger partial charge in [-0.15, -0.1) is 0 Å². The highest BCUT2D eigenvalue weighted by Gasteiger charge is 2.10. The zero-order valence-corrected chi connectivity index (χ0v) is 12.2. The van der Waals surface area contributed by atoms with E-state index in [4.69, 9.17) is 9.47 Å². The Balaban J connectivity index is 3.83. The second kappa shape index (κ2) is 9.36. The Bertz CT molecular complexity index is 312. The lowest BCUT2D eigenvalue weighted by atomic mass is 9.99. The fourth-order valence-electron chi connectivity index (χ4n) is 1.44. The maximum atomic E-state index is 11.2. The van der Waals surface area contributed by atoms with Crippen molar-refractivity contribution in [3.05, 3.63) is 24.3 Å². The monoisotopic (exact) mass is 268 g/mol. The summed E-state index contributed by atoms with van der Waals surface area (Å²) in [6, 6.07) is 0. The van der Waals surface area contributed by atoms with Crippen molar-refractivity contribution in [2.24, 2.45) is 5.92 Å². The van der Waals surface area contributed by atoms with Crippen molar-refractivity contribution >= 4 is 11.9 Å². The summed E-state index contributed by atoms with van der Waals surface area (Å²) in [5.74, 6) is -0.344. The Morgan fingerprint density at radius 1 is 0.947 bits per heavy atom. The topological polar surface area (TPSA) is 52.6 Å². The Kier molecular flexibility index (Phi) is 8.58. The van der Waals surface area contributed by atoms with Crippen LogP contribution in [-0.2, 0) is 19.1 Å². The number of hydrogen-bond donors (Lipinski definition) is 0. The lowest BCUT2D eigenvalue weighted by Gasteiger charge is -2.15. The van der Waals surface area contributed by atoms with E-state index in [9.17, 15) is 9.59 Å². The Morgan fingerprint density at radius 3 is 1.58 bits per heavy atom. The first kappa shape index (κ1) is 17.4. The first-order valence-corrected chi connectivity index (χ1v) is 6.53. The van der Waals surface area contributed by atoms with Gasteiger partial charge >= 0.3 is 11.9 Å². The summed E-state index contributed by atoms with van der Waals surface area (Å²) in [4.78, 5) is 22.4. The molecule has 0 saturated heterocycles. The average molecular weight is 268 g/mol. The van der Waals surface area contributed by atoms with E-state index in [-0.39, 0.29) is 11.9 Å². The van der Waals surface area contributed by atoms with Crippen molar-refractivity contribution < 1.29 is 19.1 Å². The highest BCUT2D eigenvalue weighted by Crippen LogP contribution is 2.14. The summed E-state index contributed by atoms with van der Waals surface area (Å²) in [5, 5.41) is 0. The van der Waals surface area contributed by atoms with Crippen molar-refractivity contribution in [3.8, 4) is 0 Å². The maximum Gasteiger partial charge on any atom is 0.333 e. The lowest BCUT2D eigenvalue weighted by molar-refractivity contribution is -0.139. The van der Waals surface area contributed by atoms with Crippen molar-refractivity contribution in [1.29, 1.82) is 0 Å². The number of ether oxygens (including phenoxy) is 2. The van der Waals surface area contributed by atoms with E-state index < -0.39 is 0 Å². The number of esters is 2. The van der Waals surface area contributed by atoms with Gasteiger partial charge in [0.1, 0.15) is 0 Å². The highest BCUT2D eigenvalue weighted by molar-refractivity contribution is 5.87. The summed E-state index contributed by atoms with van der Waals surface area (Å²) in [7, 11) is 0. The van der Waals surface area contributed by atoms with Gasteiger partial charge in [-0.3, -0.25) is 0 Å². The molecule has 0 amide bonds. The molecule has 0 unspecified atom stereocenters. The highest BCUT2D eigenvalue weighted by atomic mass is 16.5. The van der Waals surface area contributed by atoms with Gasteiger partial charge in [-0.2, -0.15) is 0 Å². The predicted molar refractivity (Wildman–Crippen MR) is 74.6 cm³/mol. The van der Waals surface area contributed by atoms with Crippen molar-refractivity contribution in [2.45, 2.75) is 40.0 Å². The van der Waals surface area contributed by atoms with Crippen molar-refractivity contribution in [1.82, 2.24) is 0 Å². The van der Waals surface area contributed by atoms with E-state index in [1.807, 2.05) is 0 Å². The fourth-order valence-corrected chi connectivity index (χ4v) is 1.44. The lowest BCUT2D eigenvalue weighted by Crippen LogP contribution is -2.13. The molecule has 0 N–H and O–H groups in total. The second-order valence-corrected chi connectivity index (χ2v) is 4.68. The normalized spacial score (nSPS) is 10.1. The maximum absolute atomic E-state index is 11.2. The third-order valence-corrected chi connectivity index (χ3v) is 2.79. The smallest absolute Gasteiger partial charge is 0.333 e. The van der Waals surface area contributed by atoms with Gasteiger partial charge in [0, 0.05) is 11.1 Å². The van der Waals surface area contributed by atoms with E-state index in [0.717, 1.165) is 19.3 Å². The van der Waals surface area contributed by atoms with Crippen molar-refractivity contribution in [2.75, 3.05) is 13.2 Å². The Morgan fingerprint density at radius 2 is 1.32 bits per heavy atom. The Labute approximate surface area is 115 Å². The van der Waals surface area contributed by atoms with Gasteiger partial charge in [0.25, 0.3) is 0 Å². The molecule has 0 spiro atoms. The molecule has 19 heavy (non-hydrogen) atoms.